The lowest BCUT2D eigenvalue weighted by atomic mass is 9.69. The molecule has 5 rings (SSSR count). The molecule has 8 nitrogen and oxygen atoms in total. The number of Topliss-reactive ketones (excluding diaryl/α,β-unsaturated/α-hetero) is 1. The highest BCUT2D eigenvalue weighted by Gasteiger charge is 2.44. The van der Waals surface area contributed by atoms with Crippen LogP contribution >= 0.6 is 23.4 Å². The minimum Gasteiger partial charge on any atom is -0.343 e. The lowest BCUT2D eigenvalue weighted by molar-refractivity contribution is -0.385. The smallest absolute Gasteiger partial charge is 0.273 e. The van der Waals surface area contributed by atoms with Crippen LogP contribution in [0, 0.1) is 15.5 Å². The molecule has 184 valence electrons. The number of fused-ring (bicyclic) bond motifs is 1. The first-order chi connectivity index (χ1) is 17.1. The van der Waals surface area contributed by atoms with Gasteiger partial charge < -0.3 is 10.3 Å². The Morgan fingerprint density at radius 2 is 1.86 bits per heavy atom. The Kier molecular flexibility index (Phi) is 6.22. The number of anilines is 1. The lowest BCUT2D eigenvalue weighted by Crippen LogP contribution is -2.37. The topological polar surface area (TPSA) is 118 Å². The Hall–Kier alpha value is -3.43. The average molecular weight is 523 g/mol. The zero-order chi connectivity index (χ0) is 25.6. The van der Waals surface area contributed by atoms with Crippen LogP contribution in [0.2, 0.25) is 5.02 Å². The number of carbonyl (C=O) groups excluding carboxylic acids is 1. The second-order valence-electron chi connectivity index (χ2n) is 9.72. The Balaban J connectivity index is 1.64. The third kappa shape index (κ3) is 4.44. The number of nitrogens with one attached hydrogen (secondary N) is 2. The number of aromatic amines is 1. The number of rotatable bonds is 5. The molecule has 2 heterocycles. The quantitative estimate of drug-likeness (QED) is 0.187. The van der Waals surface area contributed by atoms with Crippen molar-refractivity contribution in [3.05, 3.63) is 102 Å². The number of nitro groups is 1. The Bertz CT molecular complexity index is 1500. The highest BCUT2D eigenvalue weighted by atomic mass is 35.5. The summed E-state index contributed by atoms with van der Waals surface area (Å²) in [5.74, 6) is -0.207. The monoisotopic (exact) mass is 522 g/mol. The fraction of sp³-hybridized carbons (Fsp3) is 0.269. The summed E-state index contributed by atoms with van der Waals surface area (Å²) in [4.78, 5) is 45.7. The molecule has 2 aliphatic rings. The molecule has 1 atom stereocenters. The molecule has 0 saturated carbocycles. The molecule has 0 fully saturated rings. The van der Waals surface area contributed by atoms with Gasteiger partial charge in [-0.05, 0) is 23.5 Å². The molecule has 10 heteroatoms. The van der Waals surface area contributed by atoms with E-state index in [4.69, 9.17) is 11.6 Å². The summed E-state index contributed by atoms with van der Waals surface area (Å²) in [7, 11) is 0. The number of hydrogen-bond donors (Lipinski definition) is 2. The minimum atomic E-state index is -0.889. The van der Waals surface area contributed by atoms with E-state index in [0.29, 0.717) is 45.0 Å². The molecule has 0 spiro atoms. The first-order valence-electron chi connectivity index (χ1n) is 11.4. The van der Waals surface area contributed by atoms with Gasteiger partial charge in [0.25, 0.3) is 11.2 Å². The third-order valence-corrected chi connectivity index (χ3v) is 7.76. The van der Waals surface area contributed by atoms with Crippen molar-refractivity contribution in [2.24, 2.45) is 5.41 Å². The van der Waals surface area contributed by atoms with Gasteiger partial charge in [0.05, 0.1) is 16.4 Å². The molecule has 0 saturated heterocycles. The van der Waals surface area contributed by atoms with Gasteiger partial charge in [-0.3, -0.25) is 19.7 Å². The molecule has 0 amide bonds. The SMILES string of the molecule is CC1(C)CC(=O)C2=C(C1)Nc1nc(SCc3ccccc3Cl)[nH]c(=O)c1[C@H]2c1ccccc1[N+](=O)[O-]. The predicted molar refractivity (Wildman–Crippen MR) is 139 cm³/mol. The lowest BCUT2D eigenvalue weighted by Gasteiger charge is -2.38. The molecule has 3 aromatic rings. The van der Waals surface area contributed by atoms with Crippen molar-refractivity contribution >= 4 is 40.7 Å². The van der Waals surface area contributed by atoms with Gasteiger partial charge in [-0.1, -0.05) is 73.6 Å². The summed E-state index contributed by atoms with van der Waals surface area (Å²) in [6.07, 6.45) is 0.846. The van der Waals surface area contributed by atoms with Crippen LogP contribution in [-0.4, -0.2) is 20.7 Å². The van der Waals surface area contributed by atoms with Gasteiger partial charge in [0.15, 0.2) is 10.9 Å². The van der Waals surface area contributed by atoms with E-state index < -0.39 is 16.4 Å². The Labute approximate surface area is 216 Å². The van der Waals surface area contributed by atoms with Gasteiger partial charge in [0.2, 0.25) is 0 Å². The van der Waals surface area contributed by atoms with E-state index in [9.17, 15) is 19.7 Å². The summed E-state index contributed by atoms with van der Waals surface area (Å²) >= 11 is 7.60. The average Bonchev–Trinajstić information content (AvgIpc) is 2.81. The molecule has 0 unspecified atom stereocenters. The highest BCUT2D eigenvalue weighted by molar-refractivity contribution is 7.98. The van der Waals surface area contributed by atoms with Crippen molar-refractivity contribution in [2.75, 3.05) is 5.32 Å². The molecular weight excluding hydrogens is 500 g/mol. The number of nitro benzene ring substituents is 1. The van der Waals surface area contributed by atoms with Crippen LogP contribution in [0.15, 0.2) is 69.8 Å². The number of carbonyl (C=O) groups is 1. The maximum Gasteiger partial charge on any atom is 0.273 e. The van der Waals surface area contributed by atoms with Gasteiger partial charge in [0.1, 0.15) is 5.82 Å². The van der Waals surface area contributed by atoms with E-state index in [1.165, 1.54) is 17.8 Å². The number of ketones is 1. The number of benzene rings is 2. The van der Waals surface area contributed by atoms with Crippen molar-refractivity contribution < 1.29 is 9.72 Å². The van der Waals surface area contributed by atoms with Crippen LogP contribution in [0.4, 0.5) is 11.5 Å². The minimum absolute atomic E-state index is 0.126. The number of nitrogens with zero attached hydrogens (tertiary/aromatic N) is 2. The summed E-state index contributed by atoms with van der Waals surface area (Å²) in [5.41, 5.74) is 1.59. The molecular formula is C26H23ClN4O4S. The summed E-state index contributed by atoms with van der Waals surface area (Å²) in [6.45, 7) is 4.00. The second kappa shape index (κ2) is 9.22. The summed E-state index contributed by atoms with van der Waals surface area (Å²) < 4.78 is 0. The van der Waals surface area contributed by atoms with Gasteiger partial charge in [0, 0.05) is 40.1 Å². The normalized spacial score (nSPS) is 18.3. The predicted octanol–water partition coefficient (Wildman–Crippen LogP) is 5.82. The van der Waals surface area contributed by atoms with Gasteiger partial charge in [-0.15, -0.1) is 0 Å². The van der Waals surface area contributed by atoms with E-state index in [1.54, 1.807) is 24.3 Å². The number of aromatic nitrogens is 2. The summed E-state index contributed by atoms with van der Waals surface area (Å²) in [5, 5.41) is 16.1. The Morgan fingerprint density at radius 3 is 2.61 bits per heavy atom. The molecule has 0 radical (unpaired) electrons. The molecule has 1 aromatic heterocycles. The van der Waals surface area contributed by atoms with Gasteiger partial charge >= 0.3 is 0 Å². The number of para-hydroxylation sites is 1. The molecule has 36 heavy (non-hydrogen) atoms. The van der Waals surface area contributed by atoms with Crippen LogP contribution in [-0.2, 0) is 10.5 Å². The molecule has 1 aliphatic heterocycles. The third-order valence-electron chi connectivity index (χ3n) is 6.47. The van der Waals surface area contributed by atoms with Crippen molar-refractivity contribution in [3.63, 3.8) is 0 Å². The molecule has 0 bridgehead atoms. The van der Waals surface area contributed by atoms with E-state index in [0.717, 1.165) is 5.56 Å². The zero-order valence-electron chi connectivity index (χ0n) is 19.6. The zero-order valence-corrected chi connectivity index (χ0v) is 21.2. The highest BCUT2D eigenvalue weighted by Crippen LogP contribution is 2.49. The van der Waals surface area contributed by atoms with Crippen molar-refractivity contribution in [2.45, 2.75) is 43.5 Å². The maximum absolute atomic E-state index is 13.5. The second-order valence-corrected chi connectivity index (χ2v) is 11.1. The van der Waals surface area contributed by atoms with E-state index in [-0.39, 0.29) is 28.9 Å². The van der Waals surface area contributed by atoms with Crippen LogP contribution in [0.1, 0.15) is 49.3 Å². The van der Waals surface area contributed by atoms with Crippen LogP contribution in [0.3, 0.4) is 0 Å². The largest absolute Gasteiger partial charge is 0.343 e. The van der Waals surface area contributed by atoms with Crippen molar-refractivity contribution in [1.29, 1.82) is 0 Å². The molecule has 1 aliphatic carbocycles. The fourth-order valence-corrected chi connectivity index (χ4v) is 6.08. The van der Waals surface area contributed by atoms with Crippen molar-refractivity contribution in [3.8, 4) is 0 Å². The number of thioether (sulfide) groups is 1. The first-order valence-corrected chi connectivity index (χ1v) is 12.8. The van der Waals surface area contributed by atoms with E-state index >= 15 is 0 Å². The fourth-order valence-electron chi connectivity index (χ4n) is 4.93. The van der Waals surface area contributed by atoms with Gasteiger partial charge in [-0.2, -0.15) is 0 Å². The molecule has 2 N–H and O–H groups in total. The van der Waals surface area contributed by atoms with Crippen LogP contribution < -0.4 is 10.9 Å². The standard InChI is InChI=1S/C26H23ClN4O4S/c1-26(2)11-17-21(19(32)12-26)20(15-8-4-6-10-18(15)31(34)35)22-23(28-17)29-25(30-24(22)33)36-13-14-7-3-5-9-16(14)27/h3-10,20H,11-13H2,1-2H3,(H2,28,29,30,33)/t20-/m0/s1. The maximum atomic E-state index is 13.5. The number of H-pyrrole nitrogens is 1. The summed E-state index contributed by atoms with van der Waals surface area (Å²) in [6, 6.07) is 13.7. The van der Waals surface area contributed by atoms with Crippen LogP contribution in [0.5, 0.6) is 0 Å². The molecule has 2 aromatic carbocycles. The number of halogens is 1. The number of allylic oxidation sites excluding steroid dienone is 2. The number of hydrogen-bond acceptors (Lipinski definition) is 7. The van der Waals surface area contributed by atoms with Crippen molar-refractivity contribution in [1.82, 2.24) is 9.97 Å². The van der Waals surface area contributed by atoms with E-state index in [2.05, 4.69) is 15.3 Å². The first kappa shape index (κ1) is 24.3. The Morgan fingerprint density at radius 1 is 1.14 bits per heavy atom. The van der Waals surface area contributed by atoms with E-state index in [1.807, 2.05) is 32.0 Å². The van der Waals surface area contributed by atoms with Crippen LogP contribution in [0.25, 0.3) is 0 Å². The van der Waals surface area contributed by atoms with Gasteiger partial charge in [-0.25, -0.2) is 4.98 Å².